The highest BCUT2D eigenvalue weighted by atomic mass is 35.5. The normalized spacial score (nSPS) is 15.0. The Labute approximate surface area is 571 Å². The van der Waals surface area contributed by atoms with Gasteiger partial charge in [0.05, 0.1) is 80.6 Å². The number of rotatable bonds is 30. The Balaban J connectivity index is 0.594. The number of fused-ring (bicyclic) bond motifs is 2. The van der Waals surface area contributed by atoms with E-state index in [4.69, 9.17) is 49.5 Å². The van der Waals surface area contributed by atoms with Gasteiger partial charge in [-0.2, -0.15) is 4.98 Å². The van der Waals surface area contributed by atoms with Crippen LogP contribution in [0.3, 0.4) is 0 Å². The third-order valence-corrected chi connectivity index (χ3v) is 18.0. The molecule has 97 heavy (non-hydrogen) atoms. The fourth-order valence-corrected chi connectivity index (χ4v) is 12.9. The number of likely N-dealkylation sites (tertiary alicyclic amines) is 1. The number of nitrogens with zero attached hydrogens (tertiary/aromatic N) is 8. The molecule has 0 unspecified atom stereocenters. The number of amides is 4. The molecule has 0 saturated carbocycles. The van der Waals surface area contributed by atoms with E-state index in [0.717, 1.165) is 32.8 Å². The summed E-state index contributed by atoms with van der Waals surface area (Å²) in [4.78, 5) is 75.0. The summed E-state index contributed by atoms with van der Waals surface area (Å²) in [5.41, 5.74) is 6.59. The zero-order valence-electron chi connectivity index (χ0n) is 55.1. The maximum Gasteiger partial charge on any atom is 0.254 e. The van der Waals surface area contributed by atoms with Gasteiger partial charge in [-0.3, -0.25) is 19.2 Å². The average molecular weight is 1370 g/mol. The molecule has 10 rings (SSSR count). The Morgan fingerprint density at radius 3 is 2.35 bits per heavy atom. The summed E-state index contributed by atoms with van der Waals surface area (Å²) in [7, 11) is 3.30. The molecule has 2 aliphatic heterocycles. The molecular weight excluding hydrogens is 1290 g/mol. The number of benzene rings is 5. The Hall–Kier alpha value is -9.00. The number of hydrogen-bond acceptors (Lipinski definition) is 20. The molecule has 2 aliphatic rings. The van der Waals surface area contributed by atoms with Crippen LogP contribution in [0.1, 0.15) is 67.7 Å². The van der Waals surface area contributed by atoms with Crippen LogP contribution in [-0.2, 0) is 51.2 Å². The molecule has 3 aromatic heterocycles. The predicted octanol–water partition coefficient (Wildman–Crippen LogP) is 9.02. The quantitative estimate of drug-likeness (QED) is 0.0242. The molecule has 0 radical (unpaired) electrons. The smallest absolute Gasteiger partial charge is 0.254 e. The SMILES string of the molecule is COc1cc(-c2scnc2C)ccc1CNC(=O)[C@@H]1C[C@@H](O)CN1C(=O)[C@@H](c1cc(OCCOCCOCCOCCOCC#Cc2cccc(CN(C)C(=O)CCNc3nc(N4CCN(C(C)=O)CC4)c4cc(Cl)c(-c5cc(O)cc6ccccc56)c(F)c4n3)c2)no1)C(C)C. The van der Waals surface area contributed by atoms with Crippen molar-refractivity contribution in [2.24, 2.45) is 5.92 Å². The lowest BCUT2D eigenvalue weighted by atomic mass is 9.91. The number of piperazine rings is 1. The molecule has 0 spiro atoms. The first-order valence-electron chi connectivity index (χ1n) is 32.2. The van der Waals surface area contributed by atoms with Crippen LogP contribution in [0.25, 0.3) is 43.2 Å². The van der Waals surface area contributed by atoms with E-state index in [9.17, 15) is 29.4 Å². The van der Waals surface area contributed by atoms with Gasteiger partial charge in [0.1, 0.15) is 48.0 Å². The summed E-state index contributed by atoms with van der Waals surface area (Å²) in [6.07, 6.45) is -0.695. The lowest BCUT2D eigenvalue weighted by Gasteiger charge is -2.35. The molecule has 5 aromatic carbocycles. The number of carbonyl (C=O) groups is 4. The van der Waals surface area contributed by atoms with Gasteiger partial charge in [0.2, 0.25) is 29.6 Å². The monoisotopic (exact) mass is 1370 g/mol. The highest BCUT2D eigenvalue weighted by Gasteiger charge is 2.43. The number of aliphatic hydroxyl groups is 1. The topological polar surface area (TPSA) is 266 Å². The van der Waals surface area contributed by atoms with Crippen molar-refractivity contribution in [1.82, 2.24) is 40.1 Å². The van der Waals surface area contributed by atoms with Gasteiger partial charge in [-0.1, -0.05) is 85.8 Å². The number of aromatic nitrogens is 4. The maximum atomic E-state index is 17.1. The number of ether oxygens (including phenoxy) is 6. The van der Waals surface area contributed by atoms with Gasteiger partial charge in [-0.25, -0.2) is 14.4 Å². The molecule has 8 aromatic rings. The Kier molecular flexibility index (Phi) is 24.7. The molecule has 512 valence electrons. The second-order valence-electron chi connectivity index (χ2n) is 23.9. The third-order valence-electron chi connectivity index (χ3n) is 16.8. The Morgan fingerprint density at radius 2 is 1.63 bits per heavy atom. The van der Waals surface area contributed by atoms with Gasteiger partial charge in [0.15, 0.2) is 11.6 Å². The molecule has 5 heterocycles. The van der Waals surface area contributed by atoms with Gasteiger partial charge >= 0.3 is 0 Å². The van der Waals surface area contributed by atoms with E-state index in [-0.39, 0.29) is 121 Å². The number of anilines is 2. The first kappa shape index (κ1) is 70.8. The van der Waals surface area contributed by atoms with Crippen LogP contribution in [0.15, 0.2) is 101 Å². The molecule has 2 saturated heterocycles. The first-order chi connectivity index (χ1) is 46.9. The number of phenols is 1. The standard InChI is InChI=1S/C71H80ClFN10O13S/c1-44(2)63(70(89)83-42-53(86)37-58(83)69(88)75-40-51-17-16-50(35-59(51)90-6)67-45(3)76-43-97-67)60-39-61(79-96-60)95-32-31-94-30-29-93-28-27-92-26-25-91-24-10-13-47-11-9-12-48(33-47)41-80(5)62(87)18-19-74-71-77-66-56(68(78-71)82-22-20-81(21-23-82)46(4)84)38-57(72)64(65(66)73)55-36-52(85)34-49-14-7-8-15-54(49)55/h7-9,11-12,14-17,33-36,38-39,43-44,53,58,63,85-86H,18-32,37,40-42H2,1-6H3,(H,75,88)(H,74,77,78)/t53-,58+,63-/m1/s1. The van der Waals surface area contributed by atoms with Crippen molar-refractivity contribution in [2.75, 3.05) is 123 Å². The van der Waals surface area contributed by atoms with E-state index in [1.807, 2.05) is 92.4 Å². The minimum Gasteiger partial charge on any atom is -0.508 e. The lowest BCUT2D eigenvalue weighted by molar-refractivity contribution is -0.141. The number of aliphatic hydroxyl groups excluding tert-OH is 1. The first-order valence-corrected chi connectivity index (χ1v) is 33.4. The highest BCUT2D eigenvalue weighted by Crippen LogP contribution is 2.43. The van der Waals surface area contributed by atoms with Crippen molar-refractivity contribution in [3.63, 3.8) is 0 Å². The molecular formula is C71H80ClFN10O13S. The maximum absolute atomic E-state index is 17.1. The van der Waals surface area contributed by atoms with Crippen molar-refractivity contribution >= 4 is 80.0 Å². The molecule has 3 atom stereocenters. The molecule has 2 fully saturated rings. The minimum atomic E-state index is -0.892. The summed E-state index contributed by atoms with van der Waals surface area (Å²) in [6.45, 7) is 12.3. The molecule has 23 nitrogen and oxygen atoms in total. The number of β-amino-alcohol motifs (C(OH)–C–C–N with tert-alkyl or cyclic N) is 1. The third kappa shape index (κ3) is 18.2. The second-order valence-corrected chi connectivity index (χ2v) is 25.1. The number of carbonyl (C=O) groups excluding carboxylic acids is 4. The fraction of sp³-hybridized carbons (Fsp3) is 0.408. The van der Waals surface area contributed by atoms with Crippen molar-refractivity contribution < 1.29 is 66.7 Å². The summed E-state index contributed by atoms with van der Waals surface area (Å²) in [5, 5.41) is 33.4. The van der Waals surface area contributed by atoms with Crippen LogP contribution >= 0.6 is 22.9 Å². The number of hydrogen-bond donors (Lipinski definition) is 4. The van der Waals surface area contributed by atoms with Crippen LogP contribution in [0.4, 0.5) is 16.2 Å². The van der Waals surface area contributed by atoms with Gasteiger partial charge < -0.3 is 73.4 Å². The number of phenolic OH excluding ortho intramolecular Hbond substituents is 1. The zero-order valence-corrected chi connectivity index (χ0v) is 56.7. The number of methoxy groups -OCH3 is 1. The Morgan fingerprint density at radius 1 is 0.887 bits per heavy atom. The van der Waals surface area contributed by atoms with Crippen LogP contribution in [0, 0.1) is 30.5 Å². The van der Waals surface area contributed by atoms with Crippen molar-refractivity contribution in [1.29, 1.82) is 0 Å². The van der Waals surface area contributed by atoms with Crippen molar-refractivity contribution in [3.05, 3.63) is 135 Å². The largest absolute Gasteiger partial charge is 0.508 e. The molecule has 4 amide bonds. The van der Waals surface area contributed by atoms with E-state index < -0.39 is 23.9 Å². The zero-order chi connectivity index (χ0) is 68.5. The summed E-state index contributed by atoms with van der Waals surface area (Å²) in [5.74, 6) is 5.10. The van der Waals surface area contributed by atoms with Gasteiger partial charge in [-0.05, 0) is 81.9 Å². The summed E-state index contributed by atoms with van der Waals surface area (Å²) >= 11 is 8.44. The van der Waals surface area contributed by atoms with E-state index in [1.165, 1.54) is 29.2 Å². The fourth-order valence-electron chi connectivity index (χ4n) is 11.8. The lowest BCUT2D eigenvalue weighted by Crippen LogP contribution is -2.48. The number of aryl methyl sites for hydroxylation is 1. The second kappa shape index (κ2) is 33.8. The number of nitrogens with one attached hydrogen (secondary N) is 2. The van der Waals surface area contributed by atoms with E-state index in [2.05, 4.69) is 37.6 Å². The summed E-state index contributed by atoms with van der Waals surface area (Å²) in [6, 6.07) is 26.1. The number of thiazole rings is 1. The predicted molar refractivity (Wildman–Crippen MR) is 366 cm³/mol. The van der Waals surface area contributed by atoms with Crippen LogP contribution in [0.2, 0.25) is 5.02 Å². The molecule has 4 N–H and O–H groups in total. The minimum absolute atomic E-state index is 0.00108. The van der Waals surface area contributed by atoms with E-state index in [1.54, 1.807) is 47.7 Å². The number of halogens is 2. The summed E-state index contributed by atoms with van der Waals surface area (Å²) < 4.78 is 56.7. The van der Waals surface area contributed by atoms with Crippen LogP contribution < -0.4 is 25.0 Å². The average Bonchev–Trinajstić information content (AvgIpc) is 1.04. The van der Waals surface area contributed by atoms with E-state index >= 15 is 4.39 Å². The molecule has 0 aliphatic carbocycles. The van der Waals surface area contributed by atoms with Gasteiger partial charge in [-0.15, -0.1) is 11.3 Å². The van der Waals surface area contributed by atoms with Crippen molar-refractivity contribution in [3.8, 4) is 50.8 Å². The van der Waals surface area contributed by atoms with Crippen LogP contribution in [-0.4, -0.2) is 194 Å². The van der Waals surface area contributed by atoms with E-state index in [0.29, 0.717) is 106 Å². The highest BCUT2D eigenvalue weighted by molar-refractivity contribution is 7.13. The molecule has 0 bridgehead atoms. The van der Waals surface area contributed by atoms with Gasteiger partial charge in [0.25, 0.3) is 5.88 Å². The number of aromatic hydroxyl groups is 1. The molecule has 26 heteroatoms. The van der Waals surface area contributed by atoms with Crippen LogP contribution in [0.5, 0.6) is 17.4 Å². The van der Waals surface area contributed by atoms with Gasteiger partial charge in [0, 0.05) is 107 Å². The Bertz CT molecular complexity index is 4140. The van der Waals surface area contributed by atoms with Crippen molar-refractivity contribution in [2.45, 2.75) is 71.7 Å².